The van der Waals surface area contributed by atoms with Crippen LogP contribution in [0.15, 0.2) is 61.2 Å². The van der Waals surface area contributed by atoms with Crippen LogP contribution in [0.1, 0.15) is 125 Å². The van der Waals surface area contributed by atoms with Crippen molar-refractivity contribution in [3.05, 3.63) is 117 Å². The van der Waals surface area contributed by atoms with E-state index in [2.05, 4.69) is 76.4 Å². The summed E-state index contributed by atoms with van der Waals surface area (Å²) in [5.74, 6) is 2.77. The van der Waals surface area contributed by atoms with E-state index < -0.39 is 24.9 Å². The van der Waals surface area contributed by atoms with Gasteiger partial charge in [-0.25, -0.2) is 9.59 Å². The van der Waals surface area contributed by atoms with Gasteiger partial charge in [-0.05, 0) is 74.6 Å². The summed E-state index contributed by atoms with van der Waals surface area (Å²) in [4.78, 5) is 23.7. The van der Waals surface area contributed by atoms with Gasteiger partial charge in [0.1, 0.15) is 41.3 Å². The minimum Gasteiger partial charge on any atom is -0.451 e. The van der Waals surface area contributed by atoms with E-state index >= 15 is 0 Å². The molecule has 0 saturated heterocycles. The standard InChI is InChI=1S/C26H33N3O4.C26H31N3O4/c2*1-9-15-31-25(30)33-19(5)32-24(23-17(3)18(4)28-29(23)10-2)22(16-27)20-11-13-21(14-12-20)26(6,7)8/h9,11-14,19H,1,10,15H2,2-8H3;1,11-14,19H,10,15H2,2-8H3/b2*24-22-. The number of benzene rings is 2. The lowest BCUT2D eigenvalue weighted by molar-refractivity contribution is -0.0656. The highest BCUT2D eigenvalue weighted by Gasteiger charge is 2.27. The molecule has 2 unspecified atom stereocenters. The second kappa shape index (κ2) is 23.6. The van der Waals surface area contributed by atoms with Crippen LogP contribution in [0.25, 0.3) is 22.7 Å². The van der Waals surface area contributed by atoms with E-state index in [4.69, 9.17) is 34.8 Å². The second-order valence-electron chi connectivity index (χ2n) is 17.2. The van der Waals surface area contributed by atoms with Crippen molar-refractivity contribution in [1.82, 2.24) is 19.6 Å². The molecule has 4 rings (SSSR count). The smallest absolute Gasteiger partial charge is 0.451 e. The lowest BCUT2D eigenvalue weighted by Gasteiger charge is -2.21. The molecule has 0 aliphatic heterocycles. The first-order chi connectivity index (χ1) is 31.1. The van der Waals surface area contributed by atoms with Crippen molar-refractivity contribution >= 4 is 35.0 Å². The highest BCUT2D eigenvalue weighted by atomic mass is 16.8. The van der Waals surface area contributed by atoms with Crippen LogP contribution in [0, 0.1) is 62.7 Å². The molecule has 0 amide bonds. The van der Waals surface area contributed by atoms with Crippen molar-refractivity contribution in [3.8, 4) is 24.5 Å². The van der Waals surface area contributed by atoms with Crippen LogP contribution in [0.4, 0.5) is 9.59 Å². The minimum atomic E-state index is -1.04. The van der Waals surface area contributed by atoms with Gasteiger partial charge in [0, 0.05) is 38.1 Å². The van der Waals surface area contributed by atoms with Crippen molar-refractivity contribution in [2.24, 2.45) is 0 Å². The molecule has 0 saturated carbocycles. The number of hydrogen-bond donors (Lipinski definition) is 0. The fraction of sp³-hybridized carbons (Fsp3) is 0.423. The molecule has 0 spiro atoms. The summed E-state index contributed by atoms with van der Waals surface area (Å²) in [6, 6.07) is 20.2. The number of nitriles is 2. The molecule has 2 atom stereocenters. The zero-order valence-corrected chi connectivity index (χ0v) is 40.9. The normalized spacial score (nSPS) is 12.8. The molecular weight excluding hydrogens is 837 g/mol. The highest BCUT2D eigenvalue weighted by Crippen LogP contribution is 2.35. The zero-order valence-electron chi connectivity index (χ0n) is 40.9. The monoisotopic (exact) mass is 900 g/mol. The van der Waals surface area contributed by atoms with Gasteiger partial charge < -0.3 is 28.4 Å². The Morgan fingerprint density at radius 3 is 1.35 bits per heavy atom. The summed E-state index contributed by atoms with van der Waals surface area (Å²) in [5, 5.41) is 29.4. The highest BCUT2D eigenvalue weighted by molar-refractivity contribution is 5.95. The molecule has 2 aromatic heterocycles. The van der Waals surface area contributed by atoms with E-state index in [0.29, 0.717) is 52.5 Å². The van der Waals surface area contributed by atoms with Crippen LogP contribution >= 0.6 is 0 Å². The Balaban J connectivity index is 0.000000350. The summed E-state index contributed by atoms with van der Waals surface area (Å²) >= 11 is 0. The maximum absolute atomic E-state index is 11.9. The Kier molecular flexibility index (Phi) is 19.0. The Bertz CT molecular complexity index is 2530. The lowest BCUT2D eigenvalue weighted by atomic mass is 9.86. The third-order valence-electron chi connectivity index (χ3n) is 10.3. The molecule has 14 nitrogen and oxygen atoms in total. The van der Waals surface area contributed by atoms with Gasteiger partial charge in [-0.15, -0.1) is 6.42 Å². The summed E-state index contributed by atoms with van der Waals surface area (Å²) < 4.78 is 35.7. The van der Waals surface area contributed by atoms with Gasteiger partial charge in [-0.1, -0.05) is 109 Å². The van der Waals surface area contributed by atoms with Gasteiger partial charge in [0.15, 0.2) is 18.1 Å². The summed E-state index contributed by atoms with van der Waals surface area (Å²) in [6.07, 6.45) is 2.67. The van der Waals surface area contributed by atoms with Gasteiger partial charge in [0.05, 0.1) is 11.4 Å². The van der Waals surface area contributed by atoms with E-state index in [-0.39, 0.29) is 29.8 Å². The van der Waals surface area contributed by atoms with Crippen LogP contribution in [0.2, 0.25) is 0 Å². The number of terminal acetylenes is 1. The number of ether oxygens (including phenoxy) is 6. The molecule has 0 aliphatic carbocycles. The van der Waals surface area contributed by atoms with Gasteiger partial charge in [-0.2, -0.15) is 20.7 Å². The predicted octanol–water partition coefficient (Wildman–Crippen LogP) is 11.3. The summed E-state index contributed by atoms with van der Waals surface area (Å²) in [5.41, 5.74) is 8.97. The van der Waals surface area contributed by atoms with Crippen molar-refractivity contribution in [2.75, 3.05) is 13.2 Å². The molecule has 4 aromatic rings. The van der Waals surface area contributed by atoms with Crippen LogP contribution in [-0.2, 0) is 52.3 Å². The van der Waals surface area contributed by atoms with Crippen molar-refractivity contribution in [2.45, 2.75) is 133 Å². The molecule has 350 valence electrons. The van der Waals surface area contributed by atoms with Gasteiger partial charge in [0.25, 0.3) is 0 Å². The fourth-order valence-corrected chi connectivity index (χ4v) is 6.55. The molecule has 14 heteroatoms. The zero-order chi connectivity index (χ0) is 49.5. The number of carbonyl (C=O) groups is 2. The summed E-state index contributed by atoms with van der Waals surface area (Å²) in [7, 11) is 0. The first-order valence-corrected chi connectivity index (χ1v) is 21.7. The molecule has 0 N–H and O–H groups in total. The minimum absolute atomic E-state index is 0.0168. The van der Waals surface area contributed by atoms with Crippen LogP contribution in [0.3, 0.4) is 0 Å². The van der Waals surface area contributed by atoms with Crippen molar-refractivity contribution in [1.29, 1.82) is 10.5 Å². The maximum atomic E-state index is 11.9. The number of carbonyl (C=O) groups excluding carboxylic acids is 2. The first-order valence-electron chi connectivity index (χ1n) is 21.7. The Hall–Kier alpha value is -7.24. The van der Waals surface area contributed by atoms with E-state index in [1.165, 1.54) is 6.08 Å². The topological polar surface area (TPSA) is 173 Å². The average molecular weight is 901 g/mol. The number of nitrogens with zero attached hydrogens (tertiary/aromatic N) is 6. The Labute approximate surface area is 390 Å². The second-order valence-corrected chi connectivity index (χ2v) is 17.2. The maximum Gasteiger partial charge on any atom is 0.512 e. The fourth-order valence-electron chi connectivity index (χ4n) is 6.55. The molecule has 0 fully saturated rings. The quantitative estimate of drug-likeness (QED) is 0.0276. The predicted molar refractivity (Wildman–Crippen MR) is 255 cm³/mol. The van der Waals surface area contributed by atoms with E-state index in [1.54, 1.807) is 23.2 Å². The molecule has 2 aromatic carbocycles. The molecule has 0 bridgehead atoms. The molecule has 0 aliphatic rings. The Morgan fingerprint density at radius 2 is 1.05 bits per heavy atom. The van der Waals surface area contributed by atoms with E-state index in [1.807, 2.05) is 90.1 Å². The molecule has 66 heavy (non-hydrogen) atoms. The lowest BCUT2D eigenvalue weighted by Crippen LogP contribution is -2.20. The number of aromatic nitrogens is 4. The van der Waals surface area contributed by atoms with Crippen LogP contribution in [-0.4, -0.2) is 57.7 Å². The largest absolute Gasteiger partial charge is 0.512 e. The van der Waals surface area contributed by atoms with Gasteiger partial charge >= 0.3 is 12.3 Å². The van der Waals surface area contributed by atoms with Crippen molar-refractivity contribution < 1.29 is 38.0 Å². The third-order valence-corrected chi connectivity index (χ3v) is 10.3. The number of rotatable bonds is 15. The van der Waals surface area contributed by atoms with E-state index in [0.717, 1.165) is 33.6 Å². The molecular formula is C52H64N6O8. The van der Waals surface area contributed by atoms with Crippen LogP contribution < -0.4 is 0 Å². The third kappa shape index (κ3) is 13.9. The summed E-state index contributed by atoms with van der Waals surface area (Å²) in [6.45, 7) is 31.9. The van der Waals surface area contributed by atoms with Crippen LogP contribution in [0.5, 0.6) is 0 Å². The van der Waals surface area contributed by atoms with Gasteiger partial charge in [-0.3, -0.25) is 9.36 Å². The number of allylic oxidation sites excluding steroid dienone is 2. The Morgan fingerprint density at radius 1 is 0.682 bits per heavy atom. The first kappa shape index (κ1) is 53.1. The van der Waals surface area contributed by atoms with Gasteiger partial charge in [0.2, 0.25) is 12.6 Å². The number of hydrogen-bond acceptors (Lipinski definition) is 12. The average Bonchev–Trinajstić information content (AvgIpc) is 3.72. The molecule has 2 heterocycles. The van der Waals surface area contributed by atoms with Crippen molar-refractivity contribution in [3.63, 3.8) is 0 Å². The number of aryl methyl sites for hydroxylation is 4. The van der Waals surface area contributed by atoms with E-state index in [9.17, 15) is 20.1 Å². The molecule has 0 radical (unpaired) electrons. The SMILES string of the molecule is C#CCOC(=O)OC(C)O/C(=C(/C#N)c1ccc(C(C)(C)C)cc1)c1c(C)c(C)nn1CC.C=CCOC(=O)OC(C)O/C(=C(/C#N)c1ccc(C(C)(C)C)cc1)c1c(C)c(C)nn1CC.